The van der Waals surface area contributed by atoms with E-state index in [4.69, 9.17) is 0 Å². The summed E-state index contributed by atoms with van der Waals surface area (Å²) in [5.41, 5.74) is 1.35. The van der Waals surface area contributed by atoms with Gasteiger partial charge in [0.05, 0.1) is 11.2 Å². The molecule has 0 atom stereocenters. The van der Waals surface area contributed by atoms with Gasteiger partial charge in [-0.05, 0) is 6.92 Å². The van der Waals surface area contributed by atoms with Crippen molar-refractivity contribution >= 4 is 17.2 Å². The Morgan fingerprint density at radius 2 is 2.35 bits per heavy atom. The highest BCUT2D eigenvalue weighted by molar-refractivity contribution is 7.09. The summed E-state index contributed by atoms with van der Waals surface area (Å²) in [6.45, 7) is 2.51. The van der Waals surface area contributed by atoms with Gasteiger partial charge in [-0.15, -0.1) is 11.3 Å². The van der Waals surface area contributed by atoms with Gasteiger partial charge in [0.1, 0.15) is 5.69 Å². The number of carbonyl (C=O) groups is 1. The third-order valence-corrected chi connectivity index (χ3v) is 3.11. The smallest absolute Gasteiger partial charge is 0.271 e. The molecular formula is C11H12N4OS. The number of hydrogen-bond donors (Lipinski definition) is 1. The minimum Gasteiger partial charge on any atom is -0.350 e. The minimum atomic E-state index is -0.202. The van der Waals surface area contributed by atoms with Gasteiger partial charge in [0.2, 0.25) is 0 Å². The standard InChI is InChI=1S/C11H12N4OS/c1-8-7-17-10(15-8)2-3-14-11(16)9-6-12-4-5-13-9/h4-7H,2-3H2,1H3,(H,14,16). The molecular weight excluding hydrogens is 236 g/mol. The van der Waals surface area contributed by atoms with E-state index in [-0.39, 0.29) is 5.91 Å². The number of hydrogen-bond acceptors (Lipinski definition) is 5. The van der Waals surface area contributed by atoms with Crippen molar-refractivity contribution in [2.45, 2.75) is 13.3 Å². The van der Waals surface area contributed by atoms with Crippen LogP contribution in [0.2, 0.25) is 0 Å². The second-order valence-electron chi connectivity index (χ2n) is 3.48. The molecule has 0 radical (unpaired) electrons. The molecule has 0 aromatic carbocycles. The molecule has 0 spiro atoms. The van der Waals surface area contributed by atoms with E-state index in [0.717, 1.165) is 17.1 Å². The van der Waals surface area contributed by atoms with Crippen molar-refractivity contribution in [1.82, 2.24) is 20.3 Å². The summed E-state index contributed by atoms with van der Waals surface area (Å²) >= 11 is 1.61. The largest absolute Gasteiger partial charge is 0.350 e. The van der Waals surface area contributed by atoms with Crippen LogP contribution in [0.25, 0.3) is 0 Å². The van der Waals surface area contributed by atoms with Gasteiger partial charge >= 0.3 is 0 Å². The zero-order valence-corrected chi connectivity index (χ0v) is 10.2. The fourth-order valence-electron chi connectivity index (χ4n) is 1.31. The average molecular weight is 248 g/mol. The van der Waals surface area contributed by atoms with Gasteiger partial charge in [-0.25, -0.2) is 9.97 Å². The number of nitrogens with one attached hydrogen (secondary N) is 1. The maximum atomic E-state index is 11.6. The van der Waals surface area contributed by atoms with Crippen molar-refractivity contribution in [1.29, 1.82) is 0 Å². The summed E-state index contributed by atoms with van der Waals surface area (Å²) in [5.74, 6) is -0.202. The van der Waals surface area contributed by atoms with Gasteiger partial charge in [0, 0.05) is 36.4 Å². The molecule has 2 aromatic heterocycles. The molecule has 2 heterocycles. The Labute approximate surface area is 103 Å². The average Bonchev–Trinajstić information content (AvgIpc) is 2.76. The van der Waals surface area contributed by atoms with E-state index in [0.29, 0.717) is 12.2 Å². The van der Waals surface area contributed by atoms with E-state index in [1.54, 1.807) is 11.3 Å². The van der Waals surface area contributed by atoms with Crippen molar-refractivity contribution in [3.05, 3.63) is 40.4 Å². The molecule has 0 aliphatic carbocycles. The molecule has 6 heteroatoms. The van der Waals surface area contributed by atoms with E-state index < -0.39 is 0 Å². The maximum Gasteiger partial charge on any atom is 0.271 e. The lowest BCUT2D eigenvalue weighted by molar-refractivity contribution is 0.0949. The molecule has 0 bridgehead atoms. The summed E-state index contributed by atoms with van der Waals surface area (Å²) < 4.78 is 0. The molecule has 0 aliphatic heterocycles. The number of rotatable bonds is 4. The Balaban J connectivity index is 1.81. The summed E-state index contributed by atoms with van der Waals surface area (Å²) in [6, 6.07) is 0. The van der Waals surface area contributed by atoms with Crippen LogP contribution < -0.4 is 5.32 Å². The highest BCUT2D eigenvalue weighted by atomic mass is 32.1. The van der Waals surface area contributed by atoms with Crippen molar-refractivity contribution in [3.8, 4) is 0 Å². The molecule has 0 saturated heterocycles. The highest BCUT2D eigenvalue weighted by Crippen LogP contribution is 2.08. The molecule has 0 fully saturated rings. The molecule has 1 N–H and O–H groups in total. The first-order chi connectivity index (χ1) is 8.25. The van der Waals surface area contributed by atoms with Crippen LogP contribution >= 0.6 is 11.3 Å². The minimum absolute atomic E-state index is 0.202. The third-order valence-electron chi connectivity index (χ3n) is 2.09. The summed E-state index contributed by atoms with van der Waals surface area (Å²) in [4.78, 5) is 23.7. The second-order valence-corrected chi connectivity index (χ2v) is 4.42. The first-order valence-corrected chi connectivity index (χ1v) is 6.09. The van der Waals surface area contributed by atoms with E-state index in [1.165, 1.54) is 18.6 Å². The van der Waals surface area contributed by atoms with Crippen LogP contribution in [0.15, 0.2) is 24.0 Å². The Morgan fingerprint density at radius 1 is 1.47 bits per heavy atom. The van der Waals surface area contributed by atoms with Crippen molar-refractivity contribution in [2.75, 3.05) is 6.54 Å². The summed E-state index contributed by atoms with van der Waals surface area (Å²) in [5, 5.41) is 5.81. The molecule has 2 rings (SSSR count). The lowest BCUT2D eigenvalue weighted by atomic mass is 10.4. The molecule has 1 amide bonds. The molecule has 88 valence electrons. The number of nitrogens with zero attached hydrogens (tertiary/aromatic N) is 3. The monoisotopic (exact) mass is 248 g/mol. The first kappa shape index (κ1) is 11.7. The zero-order chi connectivity index (χ0) is 12.1. The predicted octanol–water partition coefficient (Wildman–Crippen LogP) is 1.21. The molecule has 2 aromatic rings. The van der Waals surface area contributed by atoms with Crippen LogP contribution in [-0.4, -0.2) is 27.4 Å². The molecule has 17 heavy (non-hydrogen) atoms. The number of carbonyl (C=O) groups excluding carboxylic acids is 1. The molecule has 0 unspecified atom stereocenters. The normalized spacial score (nSPS) is 10.2. The number of aryl methyl sites for hydroxylation is 1. The molecule has 0 saturated carbocycles. The van der Waals surface area contributed by atoms with Gasteiger partial charge in [0.25, 0.3) is 5.91 Å². The summed E-state index contributed by atoms with van der Waals surface area (Å²) in [6.07, 6.45) is 5.22. The van der Waals surface area contributed by atoms with E-state index in [9.17, 15) is 4.79 Å². The van der Waals surface area contributed by atoms with E-state index >= 15 is 0 Å². The van der Waals surface area contributed by atoms with Gasteiger partial charge in [0.15, 0.2) is 0 Å². The van der Waals surface area contributed by atoms with Gasteiger partial charge < -0.3 is 5.32 Å². The lowest BCUT2D eigenvalue weighted by Gasteiger charge is -2.02. The van der Waals surface area contributed by atoms with Crippen LogP contribution in [0.1, 0.15) is 21.2 Å². The highest BCUT2D eigenvalue weighted by Gasteiger charge is 2.06. The topological polar surface area (TPSA) is 67.8 Å². The number of aromatic nitrogens is 3. The van der Waals surface area contributed by atoms with Gasteiger partial charge in [-0.3, -0.25) is 9.78 Å². The lowest BCUT2D eigenvalue weighted by Crippen LogP contribution is -2.26. The van der Waals surface area contributed by atoms with Crippen molar-refractivity contribution in [2.24, 2.45) is 0 Å². The second kappa shape index (κ2) is 5.49. The quantitative estimate of drug-likeness (QED) is 0.883. The Kier molecular flexibility index (Phi) is 3.77. The van der Waals surface area contributed by atoms with Crippen LogP contribution in [-0.2, 0) is 6.42 Å². The van der Waals surface area contributed by atoms with E-state index in [2.05, 4.69) is 20.3 Å². The molecule has 5 nitrogen and oxygen atoms in total. The van der Waals surface area contributed by atoms with Crippen molar-refractivity contribution < 1.29 is 4.79 Å². The van der Waals surface area contributed by atoms with Crippen LogP contribution in [0.4, 0.5) is 0 Å². The van der Waals surface area contributed by atoms with E-state index in [1.807, 2.05) is 12.3 Å². The number of thiazole rings is 1. The van der Waals surface area contributed by atoms with Gasteiger partial charge in [-0.2, -0.15) is 0 Å². The Bertz CT molecular complexity index is 497. The third kappa shape index (κ3) is 3.32. The predicted molar refractivity (Wildman–Crippen MR) is 64.9 cm³/mol. The van der Waals surface area contributed by atoms with Crippen molar-refractivity contribution in [3.63, 3.8) is 0 Å². The fourth-order valence-corrected chi connectivity index (χ4v) is 2.08. The van der Waals surface area contributed by atoms with Crippen LogP contribution in [0.5, 0.6) is 0 Å². The Morgan fingerprint density at radius 3 is 3.00 bits per heavy atom. The number of amides is 1. The fraction of sp³-hybridized carbons (Fsp3) is 0.273. The zero-order valence-electron chi connectivity index (χ0n) is 9.38. The maximum absolute atomic E-state index is 11.6. The first-order valence-electron chi connectivity index (χ1n) is 5.21. The Hall–Kier alpha value is -1.82. The molecule has 0 aliphatic rings. The van der Waals surface area contributed by atoms with Crippen LogP contribution in [0, 0.1) is 6.92 Å². The SMILES string of the molecule is Cc1csc(CCNC(=O)c2cnccn2)n1. The van der Waals surface area contributed by atoms with Gasteiger partial charge in [-0.1, -0.05) is 0 Å². The van der Waals surface area contributed by atoms with Crippen LogP contribution in [0.3, 0.4) is 0 Å². The summed E-state index contributed by atoms with van der Waals surface area (Å²) in [7, 11) is 0.